The van der Waals surface area contributed by atoms with Crippen molar-refractivity contribution in [3.05, 3.63) is 29.3 Å². The fourth-order valence-electron chi connectivity index (χ4n) is 3.75. The molecule has 2 unspecified atom stereocenters. The van der Waals surface area contributed by atoms with Crippen molar-refractivity contribution in [3.8, 4) is 5.75 Å². The molecule has 0 aromatic heterocycles. The molecule has 20 heavy (non-hydrogen) atoms. The SMILES string of the molecule is CN(CC1CCCOC1)C1CCCc2c(O)cccc21. The Morgan fingerprint density at radius 2 is 2.20 bits per heavy atom. The van der Waals surface area contributed by atoms with Crippen LogP contribution in [0.5, 0.6) is 5.75 Å². The minimum Gasteiger partial charge on any atom is -0.508 e. The molecule has 1 aromatic carbocycles. The molecule has 2 atom stereocenters. The predicted molar refractivity (Wildman–Crippen MR) is 80.0 cm³/mol. The van der Waals surface area contributed by atoms with E-state index in [4.69, 9.17) is 4.74 Å². The highest BCUT2D eigenvalue weighted by Gasteiger charge is 2.27. The minimum absolute atomic E-state index is 0.452. The van der Waals surface area contributed by atoms with Crippen molar-refractivity contribution in [1.82, 2.24) is 4.90 Å². The second kappa shape index (κ2) is 6.15. The molecule has 1 aromatic rings. The number of aromatic hydroxyl groups is 1. The topological polar surface area (TPSA) is 32.7 Å². The Kier molecular flexibility index (Phi) is 4.27. The summed E-state index contributed by atoms with van der Waals surface area (Å²) in [4.78, 5) is 2.47. The van der Waals surface area contributed by atoms with E-state index in [0.717, 1.165) is 31.7 Å². The van der Waals surface area contributed by atoms with Gasteiger partial charge in [-0.25, -0.2) is 0 Å². The van der Waals surface area contributed by atoms with Crippen LogP contribution in [0, 0.1) is 5.92 Å². The van der Waals surface area contributed by atoms with Crippen molar-refractivity contribution in [2.75, 3.05) is 26.8 Å². The van der Waals surface area contributed by atoms with E-state index in [-0.39, 0.29) is 0 Å². The Labute approximate surface area is 121 Å². The van der Waals surface area contributed by atoms with Crippen molar-refractivity contribution in [3.63, 3.8) is 0 Å². The number of phenols is 1. The Hall–Kier alpha value is -1.06. The van der Waals surface area contributed by atoms with Crippen molar-refractivity contribution in [2.45, 2.75) is 38.1 Å². The molecule has 0 spiro atoms. The zero-order valence-corrected chi connectivity index (χ0v) is 12.3. The standard InChI is InChI=1S/C17H25NO2/c1-18(11-13-5-4-10-20-12-13)16-8-2-7-15-14(16)6-3-9-17(15)19/h3,6,9,13,16,19H,2,4-5,7-8,10-12H2,1H3. The maximum atomic E-state index is 10.0. The normalized spacial score (nSPS) is 26.5. The highest BCUT2D eigenvalue weighted by molar-refractivity contribution is 5.42. The number of phenolic OH excluding ortho intramolecular Hbond substituents is 1. The van der Waals surface area contributed by atoms with Crippen molar-refractivity contribution < 1.29 is 9.84 Å². The third-order valence-electron chi connectivity index (χ3n) is 4.78. The van der Waals surface area contributed by atoms with Gasteiger partial charge in [0.1, 0.15) is 5.75 Å². The number of rotatable bonds is 3. The summed E-state index contributed by atoms with van der Waals surface area (Å²) in [7, 11) is 2.22. The molecule has 110 valence electrons. The first-order valence-electron chi connectivity index (χ1n) is 7.84. The second-order valence-corrected chi connectivity index (χ2v) is 6.28. The first-order chi connectivity index (χ1) is 9.75. The van der Waals surface area contributed by atoms with Crippen molar-refractivity contribution in [2.24, 2.45) is 5.92 Å². The summed E-state index contributed by atoms with van der Waals surface area (Å²) < 4.78 is 5.59. The molecule has 1 heterocycles. The average Bonchev–Trinajstić information content (AvgIpc) is 2.48. The van der Waals surface area contributed by atoms with E-state index in [9.17, 15) is 5.11 Å². The van der Waals surface area contributed by atoms with Gasteiger partial charge in [0, 0.05) is 19.2 Å². The maximum absolute atomic E-state index is 10.0. The molecule has 3 rings (SSSR count). The fraction of sp³-hybridized carbons (Fsp3) is 0.647. The number of ether oxygens (including phenoxy) is 1. The minimum atomic E-state index is 0.452. The number of nitrogens with zero attached hydrogens (tertiary/aromatic N) is 1. The quantitative estimate of drug-likeness (QED) is 0.920. The number of hydrogen-bond donors (Lipinski definition) is 1. The summed E-state index contributed by atoms with van der Waals surface area (Å²) >= 11 is 0. The highest BCUT2D eigenvalue weighted by atomic mass is 16.5. The van der Waals surface area contributed by atoms with Gasteiger partial charge in [-0.2, -0.15) is 0 Å². The van der Waals surface area contributed by atoms with E-state index in [1.165, 1.54) is 31.2 Å². The molecule has 1 saturated heterocycles. The van der Waals surface area contributed by atoms with Crippen LogP contribution in [-0.2, 0) is 11.2 Å². The molecule has 1 fully saturated rings. The van der Waals surface area contributed by atoms with Gasteiger partial charge in [-0.05, 0) is 62.3 Å². The van der Waals surface area contributed by atoms with E-state index in [1.807, 2.05) is 12.1 Å². The van der Waals surface area contributed by atoms with Gasteiger partial charge in [-0.1, -0.05) is 12.1 Å². The lowest BCUT2D eigenvalue weighted by atomic mass is 9.86. The largest absolute Gasteiger partial charge is 0.508 e. The molecule has 1 aliphatic carbocycles. The number of fused-ring (bicyclic) bond motifs is 1. The monoisotopic (exact) mass is 275 g/mol. The molecule has 0 bridgehead atoms. The number of hydrogen-bond acceptors (Lipinski definition) is 3. The fourth-order valence-corrected chi connectivity index (χ4v) is 3.75. The van der Waals surface area contributed by atoms with Gasteiger partial charge in [-0.3, -0.25) is 4.90 Å². The summed E-state index contributed by atoms with van der Waals surface area (Å²) in [6, 6.07) is 6.43. The second-order valence-electron chi connectivity index (χ2n) is 6.28. The summed E-state index contributed by atoms with van der Waals surface area (Å²) in [5.41, 5.74) is 2.49. The first-order valence-corrected chi connectivity index (χ1v) is 7.84. The van der Waals surface area contributed by atoms with E-state index < -0.39 is 0 Å². The summed E-state index contributed by atoms with van der Waals surface area (Å²) in [5, 5.41) is 10.0. The maximum Gasteiger partial charge on any atom is 0.119 e. The summed E-state index contributed by atoms with van der Waals surface area (Å²) in [6.45, 7) is 2.93. The highest BCUT2D eigenvalue weighted by Crippen LogP contribution is 2.38. The summed E-state index contributed by atoms with van der Waals surface area (Å²) in [5.74, 6) is 1.14. The van der Waals surface area contributed by atoms with Gasteiger partial charge in [0.05, 0.1) is 6.61 Å². The average molecular weight is 275 g/mol. The zero-order valence-electron chi connectivity index (χ0n) is 12.3. The Bertz CT molecular complexity index is 454. The third kappa shape index (κ3) is 2.84. The lowest BCUT2D eigenvalue weighted by molar-refractivity contribution is 0.0346. The Morgan fingerprint density at radius 3 is 3.00 bits per heavy atom. The van der Waals surface area contributed by atoms with E-state index in [1.54, 1.807) is 0 Å². The molecule has 3 nitrogen and oxygen atoms in total. The van der Waals surface area contributed by atoms with Gasteiger partial charge < -0.3 is 9.84 Å². The lowest BCUT2D eigenvalue weighted by Gasteiger charge is -2.36. The molecule has 1 aliphatic heterocycles. The molecular weight excluding hydrogens is 250 g/mol. The lowest BCUT2D eigenvalue weighted by Crippen LogP contribution is -2.35. The third-order valence-corrected chi connectivity index (χ3v) is 4.78. The molecule has 2 aliphatic rings. The number of benzene rings is 1. The van der Waals surface area contributed by atoms with Crippen LogP contribution in [0.25, 0.3) is 0 Å². The van der Waals surface area contributed by atoms with Crippen molar-refractivity contribution >= 4 is 0 Å². The van der Waals surface area contributed by atoms with Crippen LogP contribution in [0.2, 0.25) is 0 Å². The molecule has 1 N–H and O–H groups in total. The zero-order chi connectivity index (χ0) is 13.9. The first kappa shape index (κ1) is 13.9. The van der Waals surface area contributed by atoms with Crippen LogP contribution >= 0.6 is 0 Å². The van der Waals surface area contributed by atoms with E-state index in [2.05, 4.69) is 18.0 Å². The molecular formula is C17H25NO2. The van der Waals surface area contributed by atoms with Gasteiger partial charge in [0.15, 0.2) is 0 Å². The molecule has 3 heteroatoms. The molecule has 0 saturated carbocycles. The predicted octanol–water partition coefficient (Wildman–Crippen LogP) is 3.13. The van der Waals surface area contributed by atoms with E-state index in [0.29, 0.717) is 17.7 Å². The van der Waals surface area contributed by atoms with E-state index >= 15 is 0 Å². The van der Waals surface area contributed by atoms with Crippen molar-refractivity contribution in [1.29, 1.82) is 0 Å². The van der Waals surface area contributed by atoms with Crippen LogP contribution in [-0.4, -0.2) is 36.8 Å². The van der Waals surface area contributed by atoms with Crippen LogP contribution < -0.4 is 0 Å². The summed E-state index contributed by atoms with van der Waals surface area (Å²) in [6.07, 6.45) is 5.85. The van der Waals surface area contributed by atoms with Gasteiger partial charge >= 0.3 is 0 Å². The Morgan fingerprint density at radius 1 is 1.30 bits per heavy atom. The van der Waals surface area contributed by atoms with Crippen LogP contribution in [0.4, 0.5) is 0 Å². The smallest absolute Gasteiger partial charge is 0.119 e. The molecule has 0 amide bonds. The van der Waals surface area contributed by atoms with Crippen LogP contribution in [0.1, 0.15) is 42.9 Å². The van der Waals surface area contributed by atoms with Gasteiger partial charge in [0.2, 0.25) is 0 Å². The van der Waals surface area contributed by atoms with Crippen LogP contribution in [0.3, 0.4) is 0 Å². The molecule has 0 radical (unpaired) electrons. The van der Waals surface area contributed by atoms with Gasteiger partial charge in [0.25, 0.3) is 0 Å². The van der Waals surface area contributed by atoms with Crippen LogP contribution in [0.15, 0.2) is 18.2 Å². The Balaban J connectivity index is 1.72. The van der Waals surface area contributed by atoms with Gasteiger partial charge in [-0.15, -0.1) is 0 Å².